The van der Waals surface area contributed by atoms with Crippen LogP contribution in [0.25, 0.3) is 0 Å². The molecule has 1 saturated carbocycles. The van der Waals surface area contributed by atoms with Crippen LogP contribution in [-0.4, -0.2) is 52.2 Å². The molecule has 0 N–H and O–H groups in total. The molecule has 2 saturated heterocycles. The fourth-order valence-corrected chi connectivity index (χ4v) is 6.23. The van der Waals surface area contributed by atoms with Crippen molar-refractivity contribution in [3.63, 3.8) is 0 Å². The van der Waals surface area contributed by atoms with E-state index in [0.29, 0.717) is 13.2 Å². The van der Waals surface area contributed by atoms with Gasteiger partial charge in [-0.1, -0.05) is 53.2 Å². The molecule has 1 amide bonds. The second kappa shape index (κ2) is 8.60. The molecule has 30 heavy (non-hydrogen) atoms. The average molecular weight is 480 g/mol. The molecule has 1 spiro atoms. The first-order valence-corrected chi connectivity index (χ1v) is 11.8. The zero-order valence-corrected chi connectivity index (χ0v) is 19.2. The van der Waals surface area contributed by atoms with Gasteiger partial charge in [0.15, 0.2) is 10.1 Å². The summed E-state index contributed by atoms with van der Waals surface area (Å²) >= 11 is 3.84. The van der Waals surface area contributed by atoms with Crippen LogP contribution in [0.1, 0.15) is 64.0 Å². The van der Waals surface area contributed by atoms with E-state index in [2.05, 4.69) is 22.9 Å². The molecule has 2 heterocycles. The van der Waals surface area contributed by atoms with Gasteiger partial charge in [0, 0.05) is 19.4 Å². The molecule has 1 aromatic rings. The summed E-state index contributed by atoms with van der Waals surface area (Å²) in [7, 11) is 0. The van der Waals surface area contributed by atoms with Gasteiger partial charge in [-0.3, -0.25) is 9.59 Å². The third kappa shape index (κ3) is 3.59. The first-order chi connectivity index (χ1) is 14.4. The van der Waals surface area contributed by atoms with Crippen molar-refractivity contribution in [2.45, 2.75) is 80.7 Å². The fraction of sp³-hybridized carbons (Fsp3) is 0.652. The summed E-state index contributed by atoms with van der Waals surface area (Å²) in [4.78, 5) is 27.1. The summed E-state index contributed by atoms with van der Waals surface area (Å²) in [6.45, 7) is 4.51. The number of carbonyl (C=O) groups is 2. The van der Waals surface area contributed by atoms with Gasteiger partial charge in [-0.05, 0) is 31.7 Å². The normalized spacial score (nSPS) is 32.4. The van der Waals surface area contributed by atoms with Gasteiger partial charge in [0.2, 0.25) is 5.91 Å². The van der Waals surface area contributed by atoms with Crippen LogP contribution in [0.3, 0.4) is 0 Å². The summed E-state index contributed by atoms with van der Waals surface area (Å²) < 4.78 is 17.1. The van der Waals surface area contributed by atoms with E-state index in [9.17, 15) is 9.59 Å². The van der Waals surface area contributed by atoms with Gasteiger partial charge in [-0.15, -0.1) is 0 Å². The molecule has 4 rings (SSSR count). The van der Waals surface area contributed by atoms with E-state index in [0.717, 1.165) is 37.7 Å². The Hall–Kier alpha value is -1.44. The van der Waals surface area contributed by atoms with E-state index in [1.54, 1.807) is 11.8 Å². The minimum Gasteiger partial charge on any atom is -0.466 e. The van der Waals surface area contributed by atoms with Crippen LogP contribution in [-0.2, 0) is 23.8 Å². The minimum absolute atomic E-state index is 0.0530. The summed E-state index contributed by atoms with van der Waals surface area (Å²) in [5.41, 5.74) is 1.02. The van der Waals surface area contributed by atoms with E-state index >= 15 is 0 Å². The molecule has 0 bridgehead atoms. The van der Waals surface area contributed by atoms with Gasteiger partial charge in [0.25, 0.3) is 0 Å². The van der Waals surface area contributed by atoms with Gasteiger partial charge in [-0.2, -0.15) is 0 Å². The Bertz CT molecular complexity index is 781. The third-order valence-corrected chi connectivity index (χ3v) is 7.73. The van der Waals surface area contributed by atoms with Crippen LogP contribution < -0.4 is 0 Å². The van der Waals surface area contributed by atoms with Crippen molar-refractivity contribution in [3.05, 3.63) is 35.9 Å². The van der Waals surface area contributed by atoms with Gasteiger partial charge < -0.3 is 19.1 Å². The first-order valence-electron chi connectivity index (χ1n) is 11.0. The number of amides is 1. The molecule has 1 aliphatic carbocycles. The molecule has 3 fully saturated rings. The lowest BCUT2D eigenvalue weighted by Gasteiger charge is -2.56. The number of likely N-dealkylation sites (tertiary alicyclic amines) is 1. The number of carbonyl (C=O) groups excluding carboxylic acids is 2. The van der Waals surface area contributed by atoms with Gasteiger partial charge in [0.05, 0.1) is 25.2 Å². The monoisotopic (exact) mass is 479 g/mol. The summed E-state index contributed by atoms with van der Waals surface area (Å²) in [6.07, 6.45) is 4.34. The van der Waals surface area contributed by atoms with Crippen LogP contribution in [0.2, 0.25) is 0 Å². The Kier molecular flexibility index (Phi) is 6.24. The van der Waals surface area contributed by atoms with Crippen molar-refractivity contribution in [3.8, 4) is 0 Å². The molecule has 0 unspecified atom stereocenters. The maximum atomic E-state index is 13.5. The molecule has 0 radical (unpaired) electrons. The number of ether oxygens (including phenoxy) is 3. The van der Waals surface area contributed by atoms with Crippen molar-refractivity contribution in [2.75, 3.05) is 13.2 Å². The van der Waals surface area contributed by atoms with E-state index in [4.69, 9.17) is 14.2 Å². The fourth-order valence-electron chi connectivity index (χ4n) is 5.10. The number of alkyl halides is 1. The number of rotatable bonds is 7. The van der Waals surface area contributed by atoms with Crippen molar-refractivity contribution in [1.29, 1.82) is 0 Å². The Balaban J connectivity index is 1.62. The molecule has 1 aromatic carbocycles. The molecule has 7 heteroatoms. The predicted octanol–water partition coefficient (Wildman–Crippen LogP) is 4.12. The number of benzene rings is 1. The van der Waals surface area contributed by atoms with E-state index in [-0.39, 0.29) is 36.5 Å². The van der Waals surface area contributed by atoms with E-state index in [1.807, 2.05) is 30.3 Å². The Labute approximate surface area is 186 Å². The SMILES string of the molecule is CCOC(=O)CCN1C(=O)[C@@](Br)([C@H]2OC3(CCCC3)O[C@@H]2CC)[C@@H]1c1ccccc1. The zero-order chi connectivity index (χ0) is 21.4. The van der Waals surface area contributed by atoms with Crippen LogP contribution in [0.15, 0.2) is 30.3 Å². The van der Waals surface area contributed by atoms with Crippen molar-refractivity contribution in [1.82, 2.24) is 4.90 Å². The highest BCUT2D eigenvalue weighted by atomic mass is 79.9. The second-order valence-electron chi connectivity index (χ2n) is 8.36. The molecule has 2 aliphatic heterocycles. The minimum atomic E-state index is -0.907. The molecule has 0 aromatic heterocycles. The Morgan fingerprint density at radius 1 is 1.20 bits per heavy atom. The molecule has 4 atom stereocenters. The molecule has 164 valence electrons. The number of hydrogen-bond acceptors (Lipinski definition) is 5. The average Bonchev–Trinajstić information content (AvgIpc) is 3.37. The smallest absolute Gasteiger partial charge is 0.307 e. The Morgan fingerprint density at radius 3 is 2.53 bits per heavy atom. The van der Waals surface area contributed by atoms with Crippen molar-refractivity contribution in [2.24, 2.45) is 0 Å². The summed E-state index contributed by atoms with van der Waals surface area (Å²) in [5.74, 6) is -0.900. The molecular weight excluding hydrogens is 450 g/mol. The molecular formula is C23H30BrNO5. The van der Waals surface area contributed by atoms with Crippen molar-refractivity contribution < 1.29 is 23.8 Å². The standard InChI is InChI=1S/C23H30BrNO5/c1-3-17-20(30-22(29-17)13-8-9-14-22)23(24)19(16-10-6-5-7-11-16)25(21(23)27)15-12-18(26)28-4-2/h5-7,10-11,17,19-20H,3-4,8-9,12-15H2,1-2H3/t17-,19+,20+,23+/m1/s1. The van der Waals surface area contributed by atoms with Gasteiger partial charge in [0.1, 0.15) is 6.10 Å². The number of halogens is 1. The molecule has 6 nitrogen and oxygen atoms in total. The zero-order valence-electron chi connectivity index (χ0n) is 17.6. The number of hydrogen-bond donors (Lipinski definition) is 0. The lowest BCUT2D eigenvalue weighted by molar-refractivity contribution is -0.184. The van der Waals surface area contributed by atoms with Crippen LogP contribution in [0, 0.1) is 0 Å². The van der Waals surface area contributed by atoms with Crippen molar-refractivity contribution >= 4 is 27.8 Å². The lowest BCUT2D eigenvalue weighted by Crippen LogP contribution is -2.71. The summed E-state index contributed by atoms with van der Waals surface area (Å²) in [5, 5.41) is 0. The first kappa shape index (κ1) is 21.8. The van der Waals surface area contributed by atoms with Crippen LogP contribution in [0.4, 0.5) is 0 Å². The highest BCUT2D eigenvalue weighted by Gasteiger charge is 2.69. The quantitative estimate of drug-likeness (QED) is 0.334. The lowest BCUT2D eigenvalue weighted by atomic mass is 9.76. The number of esters is 1. The highest BCUT2D eigenvalue weighted by molar-refractivity contribution is 9.10. The number of nitrogens with zero attached hydrogens (tertiary/aromatic N) is 1. The highest BCUT2D eigenvalue weighted by Crippen LogP contribution is 2.57. The topological polar surface area (TPSA) is 65.1 Å². The third-order valence-electron chi connectivity index (χ3n) is 6.50. The maximum absolute atomic E-state index is 13.5. The predicted molar refractivity (Wildman–Crippen MR) is 115 cm³/mol. The second-order valence-corrected chi connectivity index (χ2v) is 9.67. The maximum Gasteiger partial charge on any atom is 0.307 e. The van der Waals surface area contributed by atoms with E-state index < -0.39 is 10.1 Å². The van der Waals surface area contributed by atoms with Gasteiger partial charge in [-0.25, -0.2) is 0 Å². The van der Waals surface area contributed by atoms with Crippen LogP contribution in [0.5, 0.6) is 0 Å². The van der Waals surface area contributed by atoms with Gasteiger partial charge >= 0.3 is 5.97 Å². The molecule has 3 aliphatic rings. The Morgan fingerprint density at radius 2 is 1.90 bits per heavy atom. The largest absolute Gasteiger partial charge is 0.466 e. The van der Waals surface area contributed by atoms with Crippen LogP contribution >= 0.6 is 15.9 Å². The summed E-state index contributed by atoms with van der Waals surface area (Å²) in [6, 6.07) is 9.70. The number of β-lactam (4-membered cyclic amide) rings is 1. The van der Waals surface area contributed by atoms with E-state index in [1.165, 1.54) is 0 Å².